The number of anilines is 1. The van der Waals surface area contributed by atoms with Gasteiger partial charge in [-0.2, -0.15) is 0 Å². The lowest BCUT2D eigenvalue weighted by Crippen LogP contribution is -2.30. The van der Waals surface area contributed by atoms with Crippen LogP contribution in [0.5, 0.6) is 5.75 Å². The molecule has 2 heterocycles. The summed E-state index contributed by atoms with van der Waals surface area (Å²) in [6, 6.07) is 16.5. The number of nitrogens with zero attached hydrogens (tertiary/aromatic N) is 1. The summed E-state index contributed by atoms with van der Waals surface area (Å²) in [6.45, 7) is 1.47. The van der Waals surface area contributed by atoms with Crippen molar-refractivity contribution < 1.29 is 33.1 Å². The Kier molecular flexibility index (Phi) is 7.15. The standard InChI is InChI=1S/C26H23N3O7/c1-16-7-3-5-9-19(16)27-23(30)15-35-21-10-6-4-8-17(21)13-20-24(31)29(26(33)28-20)14-18-11-12-22(36-18)25(32)34-2/h3-13H,14-15H2,1-2H3,(H,27,30)(H,28,33)/b20-13-. The molecule has 1 aromatic heterocycles. The lowest BCUT2D eigenvalue weighted by molar-refractivity contribution is -0.123. The number of hydrogen-bond acceptors (Lipinski definition) is 7. The number of nitrogens with one attached hydrogen (secondary N) is 2. The largest absolute Gasteiger partial charge is 0.483 e. The Bertz CT molecular complexity index is 1360. The van der Waals surface area contributed by atoms with Crippen LogP contribution in [0.25, 0.3) is 6.08 Å². The van der Waals surface area contributed by atoms with Crippen LogP contribution in [-0.2, 0) is 20.9 Å². The Labute approximate surface area is 206 Å². The Balaban J connectivity index is 1.44. The van der Waals surface area contributed by atoms with Crippen molar-refractivity contribution in [3.63, 3.8) is 0 Å². The van der Waals surface area contributed by atoms with Crippen molar-refractivity contribution in [3.8, 4) is 5.75 Å². The number of carbonyl (C=O) groups is 4. The fraction of sp³-hybridized carbons (Fsp3) is 0.154. The SMILES string of the molecule is COC(=O)c1ccc(CN2C(=O)N/C(=C\c3ccccc3OCC(=O)Nc3ccccc3C)C2=O)o1. The van der Waals surface area contributed by atoms with Gasteiger partial charge in [-0.3, -0.25) is 14.5 Å². The van der Waals surface area contributed by atoms with E-state index in [1.54, 1.807) is 30.3 Å². The van der Waals surface area contributed by atoms with Crippen molar-refractivity contribution in [1.82, 2.24) is 10.2 Å². The molecule has 2 N–H and O–H groups in total. The number of benzene rings is 2. The average Bonchev–Trinajstić information content (AvgIpc) is 3.45. The molecule has 4 amide bonds. The number of imide groups is 1. The molecule has 1 aliphatic heterocycles. The first kappa shape index (κ1) is 24.3. The highest BCUT2D eigenvalue weighted by Gasteiger charge is 2.34. The van der Waals surface area contributed by atoms with Crippen molar-refractivity contribution in [2.24, 2.45) is 0 Å². The van der Waals surface area contributed by atoms with Gasteiger partial charge in [0.15, 0.2) is 6.61 Å². The normalized spacial score (nSPS) is 14.1. The van der Waals surface area contributed by atoms with Gasteiger partial charge in [-0.25, -0.2) is 9.59 Å². The van der Waals surface area contributed by atoms with Gasteiger partial charge in [0.2, 0.25) is 5.76 Å². The highest BCUT2D eigenvalue weighted by atomic mass is 16.5. The second-order valence-corrected chi connectivity index (χ2v) is 7.83. The second kappa shape index (κ2) is 10.6. The number of ether oxygens (including phenoxy) is 2. The lowest BCUT2D eigenvalue weighted by Gasteiger charge is -2.11. The zero-order valence-corrected chi connectivity index (χ0v) is 19.6. The molecular formula is C26H23N3O7. The third kappa shape index (κ3) is 5.44. The Morgan fingerprint density at radius 3 is 2.58 bits per heavy atom. The minimum atomic E-state index is -0.664. The maximum absolute atomic E-state index is 12.9. The molecule has 36 heavy (non-hydrogen) atoms. The molecule has 184 valence electrons. The highest BCUT2D eigenvalue weighted by molar-refractivity contribution is 6.14. The van der Waals surface area contributed by atoms with Crippen LogP contribution < -0.4 is 15.4 Å². The van der Waals surface area contributed by atoms with Gasteiger partial charge in [-0.1, -0.05) is 36.4 Å². The minimum absolute atomic E-state index is 0.0279. The number of furan rings is 1. The maximum atomic E-state index is 12.9. The summed E-state index contributed by atoms with van der Waals surface area (Å²) in [4.78, 5) is 50.2. The van der Waals surface area contributed by atoms with E-state index < -0.39 is 17.9 Å². The van der Waals surface area contributed by atoms with E-state index in [0.717, 1.165) is 10.5 Å². The van der Waals surface area contributed by atoms with Crippen LogP contribution in [0.1, 0.15) is 27.4 Å². The molecular weight excluding hydrogens is 466 g/mol. The number of aryl methyl sites for hydroxylation is 1. The number of rotatable bonds is 8. The van der Waals surface area contributed by atoms with Gasteiger partial charge in [-0.15, -0.1) is 0 Å². The number of hydrogen-bond donors (Lipinski definition) is 2. The molecule has 0 saturated carbocycles. The smallest absolute Gasteiger partial charge is 0.373 e. The van der Waals surface area contributed by atoms with Crippen LogP contribution in [0.3, 0.4) is 0 Å². The molecule has 0 atom stereocenters. The average molecular weight is 489 g/mol. The number of para-hydroxylation sites is 2. The molecule has 1 fully saturated rings. The summed E-state index contributed by atoms with van der Waals surface area (Å²) in [5.74, 6) is -1.02. The lowest BCUT2D eigenvalue weighted by atomic mass is 10.1. The van der Waals surface area contributed by atoms with Gasteiger partial charge in [0.05, 0.1) is 13.7 Å². The zero-order chi connectivity index (χ0) is 25.7. The zero-order valence-electron chi connectivity index (χ0n) is 19.6. The fourth-order valence-corrected chi connectivity index (χ4v) is 3.47. The number of amides is 4. The van der Waals surface area contributed by atoms with Gasteiger partial charge in [0, 0.05) is 11.3 Å². The summed E-state index contributed by atoms with van der Waals surface area (Å²) in [5.41, 5.74) is 2.14. The summed E-state index contributed by atoms with van der Waals surface area (Å²) < 4.78 is 15.6. The van der Waals surface area contributed by atoms with E-state index in [1.165, 1.54) is 25.3 Å². The van der Waals surface area contributed by atoms with E-state index in [9.17, 15) is 19.2 Å². The van der Waals surface area contributed by atoms with Crippen LogP contribution in [0.4, 0.5) is 10.5 Å². The molecule has 0 unspecified atom stereocenters. The molecule has 3 aromatic rings. The molecule has 10 heteroatoms. The molecule has 2 aromatic carbocycles. The van der Waals surface area contributed by atoms with Crippen molar-refractivity contribution in [2.45, 2.75) is 13.5 Å². The van der Waals surface area contributed by atoms with Gasteiger partial charge in [0.25, 0.3) is 11.8 Å². The van der Waals surface area contributed by atoms with E-state index >= 15 is 0 Å². The van der Waals surface area contributed by atoms with Crippen molar-refractivity contribution >= 4 is 35.6 Å². The Hall–Kier alpha value is -4.86. The Morgan fingerprint density at radius 1 is 1.06 bits per heavy atom. The summed E-state index contributed by atoms with van der Waals surface area (Å²) in [5, 5.41) is 5.32. The van der Waals surface area contributed by atoms with Crippen molar-refractivity contribution in [1.29, 1.82) is 0 Å². The van der Waals surface area contributed by atoms with Crippen LogP contribution in [-0.4, -0.2) is 42.4 Å². The minimum Gasteiger partial charge on any atom is -0.483 e. The van der Waals surface area contributed by atoms with Crippen molar-refractivity contribution in [3.05, 3.63) is 89.0 Å². The van der Waals surface area contributed by atoms with E-state index in [1.807, 2.05) is 25.1 Å². The first-order valence-corrected chi connectivity index (χ1v) is 10.9. The molecule has 0 aliphatic carbocycles. The van der Waals surface area contributed by atoms with E-state index in [0.29, 0.717) is 17.0 Å². The number of carbonyl (C=O) groups excluding carboxylic acids is 4. The molecule has 1 aliphatic rings. The number of methoxy groups -OCH3 is 1. The van der Waals surface area contributed by atoms with Crippen LogP contribution in [0, 0.1) is 6.92 Å². The number of urea groups is 1. The van der Waals surface area contributed by atoms with Gasteiger partial charge in [-0.05, 0) is 42.8 Å². The van der Waals surface area contributed by atoms with Gasteiger partial charge >= 0.3 is 12.0 Å². The summed E-state index contributed by atoms with van der Waals surface area (Å²) in [7, 11) is 1.22. The van der Waals surface area contributed by atoms with Crippen LogP contribution >= 0.6 is 0 Å². The van der Waals surface area contributed by atoms with E-state index in [2.05, 4.69) is 15.4 Å². The van der Waals surface area contributed by atoms with E-state index in [4.69, 9.17) is 9.15 Å². The molecule has 0 radical (unpaired) electrons. The molecule has 0 bridgehead atoms. The first-order valence-electron chi connectivity index (χ1n) is 10.9. The number of esters is 1. The fourth-order valence-electron chi connectivity index (χ4n) is 3.47. The van der Waals surface area contributed by atoms with Crippen LogP contribution in [0.2, 0.25) is 0 Å². The third-order valence-corrected chi connectivity index (χ3v) is 5.32. The summed E-state index contributed by atoms with van der Waals surface area (Å²) >= 11 is 0. The van der Waals surface area contributed by atoms with Crippen LogP contribution in [0.15, 0.2) is 70.8 Å². The highest BCUT2D eigenvalue weighted by Crippen LogP contribution is 2.24. The molecule has 4 rings (SSSR count). The molecule has 1 saturated heterocycles. The van der Waals surface area contributed by atoms with E-state index in [-0.39, 0.29) is 36.3 Å². The van der Waals surface area contributed by atoms with Gasteiger partial charge in [0.1, 0.15) is 17.2 Å². The topological polar surface area (TPSA) is 127 Å². The predicted molar refractivity (Wildman–Crippen MR) is 129 cm³/mol. The molecule has 10 nitrogen and oxygen atoms in total. The van der Waals surface area contributed by atoms with Gasteiger partial charge < -0.3 is 24.5 Å². The Morgan fingerprint density at radius 2 is 1.81 bits per heavy atom. The first-order chi connectivity index (χ1) is 17.4. The monoisotopic (exact) mass is 489 g/mol. The van der Waals surface area contributed by atoms with Crippen molar-refractivity contribution in [2.75, 3.05) is 19.0 Å². The maximum Gasteiger partial charge on any atom is 0.373 e. The molecule has 0 spiro atoms. The second-order valence-electron chi connectivity index (χ2n) is 7.83. The summed E-state index contributed by atoms with van der Waals surface area (Å²) in [6.07, 6.45) is 1.47. The third-order valence-electron chi connectivity index (χ3n) is 5.32. The predicted octanol–water partition coefficient (Wildman–Crippen LogP) is 3.49. The quantitative estimate of drug-likeness (QED) is 0.282.